The van der Waals surface area contributed by atoms with Crippen LogP contribution in [0, 0.1) is 0 Å². The number of fused-ring (bicyclic) bond motifs is 1. The van der Waals surface area contributed by atoms with Gasteiger partial charge in [0, 0.05) is 23.4 Å². The molecule has 3 rings (SSSR count). The molecule has 0 aliphatic rings. The molecule has 0 aliphatic heterocycles. The average Bonchev–Trinajstić information content (AvgIpc) is 2.99. The minimum absolute atomic E-state index is 0.332. The number of aromatic nitrogens is 1. The van der Waals surface area contributed by atoms with Gasteiger partial charge in [0.15, 0.2) is 11.5 Å². The number of ether oxygens (including phenoxy) is 2. The fourth-order valence-electron chi connectivity index (χ4n) is 4.41. The first-order valence-corrected chi connectivity index (χ1v) is 15.1. The number of methoxy groups -OCH3 is 1. The molecular weight excluding hydrogens is 514 g/mol. The van der Waals surface area contributed by atoms with E-state index in [1.54, 1.807) is 24.3 Å². The first-order chi connectivity index (χ1) is 20.1. The molecule has 1 N–H and O–H groups in total. The zero-order valence-corrected chi connectivity index (χ0v) is 24.9. The molecule has 0 bridgehead atoms. The molecule has 0 amide bonds. The molecule has 0 fully saturated rings. The maximum atomic E-state index is 10.8. The van der Waals surface area contributed by atoms with Crippen LogP contribution < -0.4 is 9.47 Å². The van der Waals surface area contributed by atoms with E-state index in [9.17, 15) is 9.59 Å². The molecule has 6 nitrogen and oxygen atoms in total. The monoisotopic (exact) mass is 561 g/mol. The third-order valence-electron chi connectivity index (χ3n) is 6.76. The summed E-state index contributed by atoms with van der Waals surface area (Å²) in [6.07, 6.45) is 22.0. The summed E-state index contributed by atoms with van der Waals surface area (Å²) in [5.41, 5.74) is 1.39. The molecule has 0 saturated heterocycles. The highest BCUT2D eigenvalue weighted by atomic mass is 16.5. The van der Waals surface area contributed by atoms with Crippen molar-refractivity contribution < 1.29 is 24.2 Å². The number of carbonyl (C=O) groups excluding carboxylic acids is 1. The number of carbonyl (C=O) groups is 2. The molecule has 2 aromatic carbocycles. The molecule has 1 heterocycles. The number of nitrogens with zero attached hydrogens (tertiary/aromatic N) is 1. The van der Waals surface area contributed by atoms with E-state index in [0.717, 1.165) is 30.0 Å². The van der Waals surface area contributed by atoms with Gasteiger partial charge in [-0.1, -0.05) is 88.6 Å². The van der Waals surface area contributed by atoms with Crippen LogP contribution in [-0.2, 0) is 4.79 Å². The topological polar surface area (TPSA) is 85.7 Å². The van der Waals surface area contributed by atoms with Crippen LogP contribution in [0.1, 0.15) is 107 Å². The minimum Gasteiger partial charge on any atom is -0.493 e. The van der Waals surface area contributed by atoms with Crippen LogP contribution in [0.15, 0.2) is 66.7 Å². The molecule has 6 heteroatoms. The van der Waals surface area contributed by atoms with Gasteiger partial charge in [0.2, 0.25) is 5.88 Å². The lowest BCUT2D eigenvalue weighted by molar-refractivity contribution is -0.137. The first-order valence-electron chi connectivity index (χ1n) is 15.1. The predicted octanol–water partition coefficient (Wildman–Crippen LogP) is 9.96. The predicted molar refractivity (Wildman–Crippen MR) is 167 cm³/mol. The summed E-state index contributed by atoms with van der Waals surface area (Å²) < 4.78 is 11.0. The number of carboxylic acid groups (broad SMARTS) is 1. The molecule has 0 unspecified atom stereocenters. The van der Waals surface area contributed by atoms with E-state index in [2.05, 4.69) is 24.1 Å². The normalized spacial score (nSPS) is 10.8. The highest BCUT2D eigenvalue weighted by molar-refractivity contribution is 5.79. The summed E-state index contributed by atoms with van der Waals surface area (Å²) in [4.78, 5) is 25.5. The van der Waals surface area contributed by atoms with Crippen LogP contribution in [0.25, 0.3) is 10.9 Å². The van der Waals surface area contributed by atoms with E-state index < -0.39 is 5.97 Å². The third kappa shape index (κ3) is 14.5. The standard InChI is InChI=1S/C18H34O2.C17H13NO3/c1-2-3-4-5-6-7-8-9-10-11-12-13-14-15-16-17-18(19)20;1-20-16-10-12(11-19)6-8-15(16)21-17-9-7-13-4-2-3-5-14(13)18-17/h9-10H,2-8,11-17H2,1H3,(H,19,20);2-11H,1H3/b10-9+;. The summed E-state index contributed by atoms with van der Waals surface area (Å²) in [5.74, 6) is 0.828. The van der Waals surface area contributed by atoms with Gasteiger partial charge in [-0.2, -0.15) is 0 Å². The van der Waals surface area contributed by atoms with Gasteiger partial charge in [0.05, 0.1) is 12.6 Å². The Morgan fingerprint density at radius 1 is 0.805 bits per heavy atom. The fraction of sp³-hybridized carbons (Fsp3) is 0.457. The van der Waals surface area contributed by atoms with Crippen molar-refractivity contribution in [2.24, 2.45) is 0 Å². The highest BCUT2D eigenvalue weighted by Crippen LogP contribution is 2.31. The quantitative estimate of drug-likeness (QED) is 0.0890. The van der Waals surface area contributed by atoms with Gasteiger partial charge in [-0.25, -0.2) is 4.98 Å². The average molecular weight is 562 g/mol. The molecule has 0 atom stereocenters. The fourth-order valence-corrected chi connectivity index (χ4v) is 4.41. The molecule has 0 saturated carbocycles. The van der Waals surface area contributed by atoms with E-state index in [4.69, 9.17) is 14.6 Å². The van der Waals surface area contributed by atoms with Gasteiger partial charge in [-0.05, 0) is 62.4 Å². The number of hydrogen-bond acceptors (Lipinski definition) is 5. The van der Waals surface area contributed by atoms with Crippen molar-refractivity contribution >= 4 is 23.2 Å². The van der Waals surface area contributed by atoms with Crippen LogP contribution >= 0.6 is 0 Å². The lowest BCUT2D eigenvalue weighted by Gasteiger charge is -2.10. The number of aldehydes is 1. The largest absolute Gasteiger partial charge is 0.493 e. The maximum absolute atomic E-state index is 10.8. The van der Waals surface area contributed by atoms with E-state index in [0.29, 0.717) is 29.4 Å². The lowest BCUT2D eigenvalue weighted by atomic mass is 10.1. The summed E-state index contributed by atoms with van der Waals surface area (Å²) in [5, 5.41) is 9.56. The summed E-state index contributed by atoms with van der Waals surface area (Å²) >= 11 is 0. The van der Waals surface area contributed by atoms with Crippen molar-refractivity contribution in [1.82, 2.24) is 4.98 Å². The van der Waals surface area contributed by atoms with Gasteiger partial charge in [-0.15, -0.1) is 0 Å². The van der Waals surface area contributed by atoms with Gasteiger partial charge < -0.3 is 14.6 Å². The van der Waals surface area contributed by atoms with Crippen molar-refractivity contribution in [3.8, 4) is 17.4 Å². The first kappa shape index (κ1) is 33.5. The number of benzene rings is 2. The Labute approximate surface area is 245 Å². The molecule has 0 spiro atoms. The van der Waals surface area contributed by atoms with Crippen molar-refractivity contribution in [1.29, 1.82) is 0 Å². The van der Waals surface area contributed by atoms with Gasteiger partial charge in [0.25, 0.3) is 0 Å². The molecule has 222 valence electrons. The van der Waals surface area contributed by atoms with Gasteiger partial charge in [0.1, 0.15) is 6.29 Å². The van der Waals surface area contributed by atoms with Crippen molar-refractivity contribution in [3.05, 3.63) is 72.3 Å². The second-order valence-corrected chi connectivity index (χ2v) is 10.2. The van der Waals surface area contributed by atoms with Crippen molar-refractivity contribution in [3.63, 3.8) is 0 Å². The number of allylic oxidation sites excluding steroid dienone is 2. The zero-order chi connectivity index (χ0) is 29.5. The molecule has 41 heavy (non-hydrogen) atoms. The number of para-hydroxylation sites is 1. The Morgan fingerprint density at radius 2 is 1.46 bits per heavy atom. The SMILES string of the molecule is CCCCCCCC/C=C/CCCCCCCC(=O)O.COc1cc(C=O)ccc1Oc1ccc2ccccc2n1. The Hall–Kier alpha value is -3.67. The number of carboxylic acids is 1. The summed E-state index contributed by atoms with van der Waals surface area (Å²) in [6, 6.07) is 16.6. The van der Waals surface area contributed by atoms with Gasteiger partial charge in [-0.3, -0.25) is 9.59 Å². The van der Waals surface area contributed by atoms with Crippen LogP contribution in [0.5, 0.6) is 17.4 Å². The van der Waals surface area contributed by atoms with E-state index >= 15 is 0 Å². The van der Waals surface area contributed by atoms with Gasteiger partial charge >= 0.3 is 5.97 Å². The zero-order valence-electron chi connectivity index (χ0n) is 24.9. The minimum atomic E-state index is -0.664. The van der Waals surface area contributed by atoms with E-state index in [1.165, 1.54) is 77.7 Å². The van der Waals surface area contributed by atoms with E-state index in [1.807, 2.05) is 30.3 Å². The number of rotatable bonds is 19. The molecule has 3 aromatic rings. The molecule has 0 radical (unpaired) electrons. The second kappa shape index (κ2) is 21.1. The number of pyridine rings is 1. The highest BCUT2D eigenvalue weighted by Gasteiger charge is 2.08. The Bertz CT molecular complexity index is 1190. The van der Waals surface area contributed by atoms with Crippen molar-refractivity contribution in [2.75, 3.05) is 7.11 Å². The molecular formula is C35H47NO5. The van der Waals surface area contributed by atoms with Crippen LogP contribution in [0.3, 0.4) is 0 Å². The Kier molecular flexibility index (Phi) is 17.3. The smallest absolute Gasteiger partial charge is 0.303 e. The molecule has 0 aliphatic carbocycles. The number of aliphatic carboxylic acids is 1. The number of hydrogen-bond donors (Lipinski definition) is 1. The summed E-state index contributed by atoms with van der Waals surface area (Å²) in [6.45, 7) is 2.26. The Balaban J connectivity index is 0.000000288. The third-order valence-corrected chi connectivity index (χ3v) is 6.76. The lowest BCUT2D eigenvalue weighted by Crippen LogP contribution is -1.93. The van der Waals surface area contributed by atoms with Crippen molar-refractivity contribution in [2.45, 2.75) is 96.8 Å². The van der Waals surface area contributed by atoms with Crippen LogP contribution in [-0.4, -0.2) is 29.5 Å². The second-order valence-electron chi connectivity index (χ2n) is 10.2. The summed E-state index contributed by atoms with van der Waals surface area (Å²) in [7, 11) is 1.53. The van der Waals surface area contributed by atoms with E-state index in [-0.39, 0.29) is 0 Å². The number of unbranched alkanes of at least 4 members (excludes halogenated alkanes) is 11. The molecule has 1 aromatic heterocycles. The maximum Gasteiger partial charge on any atom is 0.303 e. The Morgan fingerprint density at radius 3 is 2.12 bits per heavy atom. The van der Waals surface area contributed by atoms with Crippen LogP contribution in [0.4, 0.5) is 0 Å². The van der Waals surface area contributed by atoms with Crippen LogP contribution in [0.2, 0.25) is 0 Å².